The highest BCUT2D eigenvalue weighted by Crippen LogP contribution is 2.34. The van der Waals surface area contributed by atoms with E-state index in [2.05, 4.69) is 34.0 Å². The van der Waals surface area contributed by atoms with Crippen molar-refractivity contribution in [3.8, 4) is 28.1 Å². The molecule has 0 unspecified atom stereocenters. The number of nitrogens with zero attached hydrogens (tertiary/aromatic N) is 4. The van der Waals surface area contributed by atoms with Crippen molar-refractivity contribution in [3.05, 3.63) is 65.5 Å². The van der Waals surface area contributed by atoms with Crippen LogP contribution in [0.15, 0.2) is 48.8 Å². The number of aromatic nitrogens is 3. The van der Waals surface area contributed by atoms with Gasteiger partial charge in [0.15, 0.2) is 5.65 Å². The van der Waals surface area contributed by atoms with Crippen LogP contribution in [0.25, 0.3) is 33.5 Å². The Balaban J connectivity index is 1.28. The van der Waals surface area contributed by atoms with Gasteiger partial charge in [0.25, 0.3) is 5.91 Å². The summed E-state index contributed by atoms with van der Waals surface area (Å²) in [4.78, 5) is 30.0. The summed E-state index contributed by atoms with van der Waals surface area (Å²) in [6, 6.07) is 12.0. The van der Waals surface area contributed by atoms with E-state index in [0.29, 0.717) is 18.0 Å². The molecule has 0 spiro atoms. The zero-order valence-corrected chi connectivity index (χ0v) is 22.2. The third kappa shape index (κ3) is 4.66. The predicted octanol–water partition coefficient (Wildman–Crippen LogP) is 4.40. The Bertz CT molecular complexity index is 1460. The standard InChI is InChI=1S/C30H33N5O3/c1-34-10-8-22-12-23(13-27(37-3)25(22)17-34)26-15-32-29-28(33-26)24(14-31-29)20-4-6-21(7-5-20)30(36)35(2)16-19-9-11-38-18-19/h4-7,12-15,19H,8-11,16-18H2,1-3H3,(H,31,32)/t19-/m0/s1. The molecule has 6 rings (SSSR count). The first-order valence-electron chi connectivity index (χ1n) is 13.2. The van der Waals surface area contributed by atoms with Gasteiger partial charge in [-0.1, -0.05) is 12.1 Å². The van der Waals surface area contributed by atoms with E-state index in [1.54, 1.807) is 12.0 Å². The van der Waals surface area contributed by atoms with Crippen LogP contribution in [-0.4, -0.2) is 78.2 Å². The minimum atomic E-state index is 0.0250. The second-order valence-electron chi connectivity index (χ2n) is 10.5. The van der Waals surface area contributed by atoms with Gasteiger partial charge in [0.2, 0.25) is 0 Å². The van der Waals surface area contributed by atoms with Crippen molar-refractivity contribution in [2.75, 3.05) is 47.5 Å². The average molecular weight is 512 g/mol. The highest BCUT2D eigenvalue weighted by atomic mass is 16.5. The Kier molecular flexibility index (Phi) is 6.59. The summed E-state index contributed by atoms with van der Waals surface area (Å²) in [6.45, 7) is 4.14. The van der Waals surface area contributed by atoms with Crippen molar-refractivity contribution < 1.29 is 14.3 Å². The van der Waals surface area contributed by atoms with Gasteiger partial charge in [0.05, 0.1) is 25.6 Å². The van der Waals surface area contributed by atoms with Gasteiger partial charge in [-0.15, -0.1) is 0 Å². The first-order chi connectivity index (χ1) is 18.5. The molecular weight excluding hydrogens is 478 g/mol. The third-order valence-corrected chi connectivity index (χ3v) is 7.73. The molecule has 4 heterocycles. The Morgan fingerprint density at radius 2 is 2.08 bits per heavy atom. The Labute approximate surface area is 222 Å². The fourth-order valence-electron chi connectivity index (χ4n) is 5.56. The van der Waals surface area contributed by atoms with Gasteiger partial charge in [0, 0.05) is 67.7 Å². The molecule has 8 heteroatoms. The summed E-state index contributed by atoms with van der Waals surface area (Å²) in [5.41, 5.74) is 8.51. The molecule has 4 aromatic rings. The van der Waals surface area contributed by atoms with Crippen LogP contribution < -0.4 is 4.74 Å². The van der Waals surface area contributed by atoms with Crippen LogP contribution in [0, 0.1) is 5.92 Å². The molecule has 8 nitrogen and oxygen atoms in total. The number of aromatic amines is 1. The van der Waals surface area contributed by atoms with E-state index in [0.717, 1.165) is 78.4 Å². The number of likely N-dealkylation sites (N-methyl/N-ethyl adjacent to an activating group) is 1. The lowest BCUT2D eigenvalue weighted by Crippen LogP contribution is -2.32. The van der Waals surface area contributed by atoms with E-state index in [9.17, 15) is 4.79 Å². The highest BCUT2D eigenvalue weighted by Gasteiger charge is 2.22. The van der Waals surface area contributed by atoms with E-state index in [1.807, 2.05) is 43.7 Å². The van der Waals surface area contributed by atoms with Crippen LogP contribution in [0.2, 0.25) is 0 Å². The normalized spacial score (nSPS) is 17.5. The minimum Gasteiger partial charge on any atom is -0.496 e. The maximum absolute atomic E-state index is 13.0. The summed E-state index contributed by atoms with van der Waals surface area (Å²) in [5.74, 6) is 1.33. The molecule has 2 aliphatic rings. The summed E-state index contributed by atoms with van der Waals surface area (Å²) in [5, 5.41) is 0. The number of H-pyrrole nitrogens is 1. The molecule has 0 bridgehead atoms. The van der Waals surface area contributed by atoms with Gasteiger partial charge in [0.1, 0.15) is 11.3 Å². The summed E-state index contributed by atoms with van der Waals surface area (Å²) in [6.07, 6.45) is 5.73. The van der Waals surface area contributed by atoms with Crippen molar-refractivity contribution >= 4 is 17.1 Å². The van der Waals surface area contributed by atoms with Crippen molar-refractivity contribution in [1.29, 1.82) is 0 Å². The molecule has 1 saturated heterocycles. The number of amides is 1. The third-order valence-electron chi connectivity index (χ3n) is 7.73. The fourth-order valence-corrected chi connectivity index (χ4v) is 5.56. The maximum atomic E-state index is 13.0. The van der Waals surface area contributed by atoms with Gasteiger partial charge in [-0.2, -0.15) is 0 Å². The van der Waals surface area contributed by atoms with Crippen LogP contribution in [0.5, 0.6) is 5.75 Å². The highest BCUT2D eigenvalue weighted by molar-refractivity contribution is 5.96. The number of methoxy groups -OCH3 is 1. The van der Waals surface area contributed by atoms with Gasteiger partial charge in [-0.25, -0.2) is 9.97 Å². The smallest absolute Gasteiger partial charge is 0.253 e. The van der Waals surface area contributed by atoms with E-state index >= 15 is 0 Å². The second kappa shape index (κ2) is 10.2. The van der Waals surface area contributed by atoms with Gasteiger partial charge >= 0.3 is 0 Å². The van der Waals surface area contributed by atoms with Crippen LogP contribution in [-0.2, 0) is 17.7 Å². The largest absolute Gasteiger partial charge is 0.496 e. The molecule has 196 valence electrons. The molecule has 0 radical (unpaired) electrons. The van der Waals surface area contributed by atoms with Crippen LogP contribution in [0.4, 0.5) is 0 Å². The molecule has 2 aliphatic heterocycles. The maximum Gasteiger partial charge on any atom is 0.253 e. The number of carbonyl (C=O) groups excluding carboxylic acids is 1. The predicted molar refractivity (Wildman–Crippen MR) is 147 cm³/mol. The topological polar surface area (TPSA) is 83.6 Å². The second-order valence-corrected chi connectivity index (χ2v) is 10.5. The quantitative estimate of drug-likeness (QED) is 0.413. The Morgan fingerprint density at radius 1 is 1.24 bits per heavy atom. The molecule has 0 saturated carbocycles. The van der Waals surface area contributed by atoms with E-state index in [1.165, 1.54) is 11.1 Å². The van der Waals surface area contributed by atoms with Crippen LogP contribution in [0.1, 0.15) is 27.9 Å². The number of rotatable bonds is 6. The summed E-state index contributed by atoms with van der Waals surface area (Å²) < 4.78 is 11.2. The Hall–Kier alpha value is -3.75. The molecule has 1 N–H and O–H groups in total. The lowest BCUT2D eigenvalue weighted by atomic mass is 9.95. The molecule has 2 aromatic carbocycles. The zero-order valence-electron chi connectivity index (χ0n) is 22.2. The number of nitrogens with one attached hydrogen (secondary N) is 1. The number of hydrogen-bond acceptors (Lipinski definition) is 6. The van der Waals surface area contributed by atoms with E-state index in [-0.39, 0.29) is 5.91 Å². The zero-order chi connectivity index (χ0) is 26.2. The number of ether oxygens (including phenoxy) is 2. The lowest BCUT2D eigenvalue weighted by molar-refractivity contribution is 0.0766. The molecule has 1 atom stereocenters. The molecule has 1 amide bonds. The molecule has 2 aromatic heterocycles. The summed E-state index contributed by atoms with van der Waals surface area (Å²) >= 11 is 0. The van der Waals surface area contributed by atoms with Crippen LogP contribution >= 0.6 is 0 Å². The number of benzene rings is 2. The number of hydrogen-bond donors (Lipinski definition) is 1. The number of fused-ring (bicyclic) bond motifs is 2. The SMILES string of the molecule is COc1cc(-c2cnc3[nH]cc(-c4ccc(C(=O)N(C)C[C@@H]5CCOC5)cc4)c3n2)cc2c1CN(C)CC2. The van der Waals surface area contributed by atoms with Gasteiger partial charge in [-0.3, -0.25) is 4.79 Å². The Morgan fingerprint density at radius 3 is 2.84 bits per heavy atom. The molecule has 1 fully saturated rings. The van der Waals surface area contributed by atoms with E-state index < -0.39 is 0 Å². The average Bonchev–Trinajstić information content (AvgIpc) is 3.61. The van der Waals surface area contributed by atoms with Crippen molar-refractivity contribution in [2.24, 2.45) is 5.92 Å². The lowest BCUT2D eigenvalue weighted by Gasteiger charge is -2.27. The van der Waals surface area contributed by atoms with E-state index in [4.69, 9.17) is 14.5 Å². The van der Waals surface area contributed by atoms with Gasteiger partial charge < -0.3 is 24.3 Å². The number of carbonyl (C=O) groups is 1. The summed E-state index contributed by atoms with van der Waals surface area (Å²) in [7, 11) is 5.72. The van der Waals surface area contributed by atoms with Crippen molar-refractivity contribution in [2.45, 2.75) is 19.4 Å². The molecule has 38 heavy (non-hydrogen) atoms. The first-order valence-corrected chi connectivity index (χ1v) is 13.2. The van der Waals surface area contributed by atoms with Gasteiger partial charge in [-0.05, 0) is 55.3 Å². The monoisotopic (exact) mass is 511 g/mol. The van der Waals surface area contributed by atoms with Crippen LogP contribution in [0.3, 0.4) is 0 Å². The molecule has 0 aliphatic carbocycles. The first kappa shape index (κ1) is 24.6. The fraction of sp³-hybridized carbons (Fsp3) is 0.367. The molecular formula is C30H33N5O3. The van der Waals surface area contributed by atoms with Crippen molar-refractivity contribution in [3.63, 3.8) is 0 Å². The van der Waals surface area contributed by atoms with Crippen molar-refractivity contribution in [1.82, 2.24) is 24.8 Å². The minimum absolute atomic E-state index is 0.0250.